The van der Waals surface area contributed by atoms with E-state index in [0.717, 1.165) is 46.0 Å². The maximum absolute atomic E-state index is 11.4. The van der Waals surface area contributed by atoms with E-state index in [2.05, 4.69) is 76.1 Å². The molecule has 0 heterocycles. The average molecular weight is 510 g/mol. The van der Waals surface area contributed by atoms with E-state index >= 15 is 0 Å². The number of benzene rings is 3. The van der Waals surface area contributed by atoms with Crippen LogP contribution in [0.3, 0.4) is 0 Å². The SMILES string of the molecule is COC(=O)COc1ccc(OC/C=C(\c2ccc(C#CCN(C)C)cc2)c2ccc(C3CC3)cc2)cc1C. The van der Waals surface area contributed by atoms with Gasteiger partial charge in [-0.25, -0.2) is 4.79 Å². The third-order valence-electron chi connectivity index (χ3n) is 6.35. The molecule has 0 N–H and O–H groups in total. The molecule has 0 aliphatic heterocycles. The van der Waals surface area contributed by atoms with Gasteiger partial charge in [-0.3, -0.25) is 4.90 Å². The van der Waals surface area contributed by atoms with Gasteiger partial charge in [0.15, 0.2) is 6.61 Å². The molecule has 1 fully saturated rings. The Balaban J connectivity index is 1.50. The predicted octanol–water partition coefficient (Wildman–Crippen LogP) is 5.85. The quantitative estimate of drug-likeness (QED) is 0.254. The minimum Gasteiger partial charge on any atom is -0.489 e. The zero-order valence-electron chi connectivity index (χ0n) is 22.6. The lowest BCUT2D eigenvalue weighted by atomic mass is 9.95. The summed E-state index contributed by atoms with van der Waals surface area (Å²) in [6.45, 7) is 2.94. The number of ether oxygens (including phenoxy) is 3. The number of hydrogen-bond donors (Lipinski definition) is 0. The minimum atomic E-state index is -0.416. The monoisotopic (exact) mass is 509 g/mol. The lowest BCUT2D eigenvalue weighted by Crippen LogP contribution is -2.13. The molecule has 5 nitrogen and oxygen atoms in total. The van der Waals surface area contributed by atoms with Crippen LogP contribution in [-0.4, -0.2) is 51.8 Å². The first-order valence-corrected chi connectivity index (χ1v) is 12.9. The van der Waals surface area contributed by atoms with Crippen LogP contribution >= 0.6 is 0 Å². The summed E-state index contributed by atoms with van der Waals surface area (Å²) in [6, 6.07) is 22.9. The van der Waals surface area contributed by atoms with Crippen LogP contribution in [0.2, 0.25) is 0 Å². The van der Waals surface area contributed by atoms with Gasteiger partial charge in [0.25, 0.3) is 0 Å². The zero-order valence-corrected chi connectivity index (χ0v) is 22.6. The summed E-state index contributed by atoms with van der Waals surface area (Å²) in [6.07, 6.45) is 4.70. The van der Waals surface area contributed by atoms with Gasteiger partial charge < -0.3 is 14.2 Å². The fraction of sp³-hybridized carbons (Fsp3) is 0.303. The van der Waals surface area contributed by atoms with Gasteiger partial charge in [-0.05, 0) is 104 Å². The molecule has 1 aliphatic carbocycles. The number of methoxy groups -OCH3 is 1. The maximum Gasteiger partial charge on any atom is 0.343 e. The maximum atomic E-state index is 11.4. The summed E-state index contributed by atoms with van der Waals surface area (Å²) in [4.78, 5) is 13.4. The van der Waals surface area contributed by atoms with Crippen LogP contribution in [-0.2, 0) is 9.53 Å². The van der Waals surface area contributed by atoms with E-state index < -0.39 is 5.97 Å². The number of nitrogens with zero attached hydrogens (tertiary/aromatic N) is 1. The normalized spacial score (nSPS) is 13.0. The van der Waals surface area contributed by atoms with Crippen molar-refractivity contribution in [1.82, 2.24) is 4.90 Å². The molecule has 196 valence electrons. The van der Waals surface area contributed by atoms with Gasteiger partial charge in [-0.2, -0.15) is 0 Å². The second kappa shape index (κ2) is 13.0. The Morgan fingerprint density at radius 1 is 0.974 bits per heavy atom. The minimum absolute atomic E-state index is 0.122. The average Bonchev–Trinajstić information content (AvgIpc) is 3.77. The van der Waals surface area contributed by atoms with Crippen molar-refractivity contribution in [2.75, 3.05) is 41.0 Å². The highest BCUT2D eigenvalue weighted by Gasteiger charge is 2.23. The Hall–Kier alpha value is -4.01. The third kappa shape index (κ3) is 7.74. The largest absolute Gasteiger partial charge is 0.489 e. The van der Waals surface area contributed by atoms with E-state index in [1.807, 2.05) is 39.2 Å². The van der Waals surface area contributed by atoms with Gasteiger partial charge in [-0.1, -0.05) is 48.2 Å². The molecule has 0 saturated heterocycles. The highest BCUT2D eigenvalue weighted by Crippen LogP contribution is 2.40. The van der Waals surface area contributed by atoms with E-state index in [4.69, 9.17) is 9.47 Å². The highest BCUT2D eigenvalue weighted by atomic mass is 16.6. The van der Waals surface area contributed by atoms with Crippen molar-refractivity contribution in [3.63, 3.8) is 0 Å². The summed E-state index contributed by atoms with van der Waals surface area (Å²) in [5.74, 6) is 8.09. The third-order valence-corrected chi connectivity index (χ3v) is 6.35. The molecule has 1 aliphatic rings. The molecule has 0 atom stereocenters. The number of carbonyl (C=O) groups excluding carboxylic acids is 1. The molecule has 1 saturated carbocycles. The first-order chi connectivity index (χ1) is 18.4. The standard InChI is InChI=1S/C33H35NO4/c1-24-22-30(17-18-32(24)38-23-33(35)36-4)37-21-19-31(29-15-13-27(14-16-29)26-11-12-26)28-9-7-25(8-10-28)6-5-20-34(2)3/h7-10,13-19,22,26H,11-12,20-21,23H2,1-4H3/b31-19+. The van der Waals surface area contributed by atoms with Crippen molar-refractivity contribution in [2.24, 2.45) is 0 Å². The zero-order chi connectivity index (χ0) is 26.9. The molecule has 0 aromatic heterocycles. The van der Waals surface area contributed by atoms with Crippen molar-refractivity contribution in [2.45, 2.75) is 25.7 Å². The topological polar surface area (TPSA) is 48.0 Å². The van der Waals surface area contributed by atoms with Crippen LogP contribution < -0.4 is 9.47 Å². The van der Waals surface area contributed by atoms with Crippen LogP contribution in [0.15, 0.2) is 72.8 Å². The Kier molecular flexibility index (Phi) is 9.24. The number of hydrogen-bond acceptors (Lipinski definition) is 5. The molecule has 0 unspecified atom stereocenters. The van der Waals surface area contributed by atoms with Crippen molar-refractivity contribution < 1.29 is 19.0 Å². The van der Waals surface area contributed by atoms with Crippen LogP contribution in [0.1, 0.15) is 46.6 Å². The molecule has 0 bridgehead atoms. The molecule has 4 rings (SSSR count). The number of esters is 1. The van der Waals surface area contributed by atoms with Gasteiger partial charge in [0.1, 0.15) is 18.1 Å². The molecule has 0 spiro atoms. The summed E-state index contributed by atoms with van der Waals surface area (Å²) in [7, 11) is 5.37. The summed E-state index contributed by atoms with van der Waals surface area (Å²) in [5.41, 5.74) is 6.70. The summed E-state index contributed by atoms with van der Waals surface area (Å²) >= 11 is 0. The smallest absolute Gasteiger partial charge is 0.343 e. The number of rotatable bonds is 10. The van der Waals surface area contributed by atoms with Gasteiger partial charge in [0.05, 0.1) is 13.7 Å². The second-order valence-corrected chi connectivity index (χ2v) is 9.73. The first-order valence-electron chi connectivity index (χ1n) is 12.9. The van der Waals surface area contributed by atoms with E-state index in [9.17, 15) is 4.79 Å². The van der Waals surface area contributed by atoms with Gasteiger partial charge in [-0.15, -0.1) is 0 Å². The van der Waals surface area contributed by atoms with E-state index in [-0.39, 0.29) is 6.61 Å². The Bertz CT molecular complexity index is 1320. The molecule has 0 radical (unpaired) electrons. The number of carbonyl (C=O) groups is 1. The van der Waals surface area contributed by atoms with Crippen LogP contribution in [0.4, 0.5) is 0 Å². The van der Waals surface area contributed by atoms with Crippen LogP contribution in [0, 0.1) is 18.8 Å². The molecular weight excluding hydrogens is 474 g/mol. The van der Waals surface area contributed by atoms with Crippen molar-refractivity contribution in [3.05, 3.63) is 101 Å². The van der Waals surface area contributed by atoms with Crippen molar-refractivity contribution in [1.29, 1.82) is 0 Å². The fourth-order valence-electron chi connectivity index (χ4n) is 4.08. The molecule has 3 aromatic rings. The van der Waals surface area contributed by atoms with Crippen LogP contribution in [0.5, 0.6) is 11.5 Å². The molecule has 3 aromatic carbocycles. The van der Waals surface area contributed by atoms with E-state index in [1.54, 1.807) is 0 Å². The predicted molar refractivity (Wildman–Crippen MR) is 152 cm³/mol. The van der Waals surface area contributed by atoms with E-state index in [1.165, 1.54) is 25.5 Å². The fourth-order valence-corrected chi connectivity index (χ4v) is 4.08. The van der Waals surface area contributed by atoms with Crippen molar-refractivity contribution in [3.8, 4) is 23.3 Å². The first kappa shape index (κ1) is 27.0. The molecule has 5 heteroatoms. The summed E-state index contributed by atoms with van der Waals surface area (Å²) < 4.78 is 16.2. The Labute approximate surface area is 226 Å². The number of aryl methyl sites for hydroxylation is 1. The van der Waals surface area contributed by atoms with Gasteiger partial charge >= 0.3 is 5.97 Å². The lowest BCUT2D eigenvalue weighted by Gasteiger charge is -2.12. The van der Waals surface area contributed by atoms with Crippen molar-refractivity contribution >= 4 is 11.5 Å². The van der Waals surface area contributed by atoms with Crippen LogP contribution in [0.25, 0.3) is 5.57 Å². The molecule has 38 heavy (non-hydrogen) atoms. The highest BCUT2D eigenvalue weighted by molar-refractivity contribution is 5.80. The van der Waals surface area contributed by atoms with Gasteiger partial charge in [0, 0.05) is 5.56 Å². The Morgan fingerprint density at radius 2 is 1.66 bits per heavy atom. The molecular formula is C33H35NO4. The summed E-state index contributed by atoms with van der Waals surface area (Å²) in [5, 5.41) is 0. The lowest BCUT2D eigenvalue weighted by molar-refractivity contribution is -0.142. The van der Waals surface area contributed by atoms with Gasteiger partial charge in [0.2, 0.25) is 0 Å². The Morgan fingerprint density at radius 3 is 2.26 bits per heavy atom. The van der Waals surface area contributed by atoms with E-state index in [0.29, 0.717) is 12.4 Å². The molecule has 0 amide bonds. The second-order valence-electron chi connectivity index (χ2n) is 9.73.